The summed E-state index contributed by atoms with van der Waals surface area (Å²) in [5.74, 6) is 0.210. The zero-order valence-corrected chi connectivity index (χ0v) is 19.5. The molecule has 4 rings (SSSR count). The fourth-order valence-electron chi connectivity index (χ4n) is 3.28. The van der Waals surface area contributed by atoms with Gasteiger partial charge in [0.1, 0.15) is 0 Å². The van der Waals surface area contributed by atoms with Crippen LogP contribution in [-0.4, -0.2) is 39.0 Å². The number of thioether (sulfide) groups is 1. The number of ether oxygens (including phenoxy) is 1. The van der Waals surface area contributed by atoms with Gasteiger partial charge in [-0.15, -0.1) is 10.2 Å². The lowest BCUT2D eigenvalue weighted by molar-refractivity contribution is -0.113. The summed E-state index contributed by atoms with van der Waals surface area (Å²) < 4.78 is 7.10. The van der Waals surface area contributed by atoms with Gasteiger partial charge in [0, 0.05) is 16.9 Å². The van der Waals surface area contributed by atoms with Crippen LogP contribution in [0.2, 0.25) is 0 Å². The minimum Gasteiger partial charge on any atom is -0.462 e. The Morgan fingerprint density at radius 3 is 2.41 bits per heavy atom. The Morgan fingerprint density at radius 2 is 1.68 bits per heavy atom. The van der Waals surface area contributed by atoms with Crippen molar-refractivity contribution in [3.63, 3.8) is 0 Å². The maximum atomic E-state index is 12.7. The summed E-state index contributed by atoms with van der Waals surface area (Å²) >= 11 is 1.29. The molecule has 0 bridgehead atoms. The molecule has 0 atom stereocenters. The number of carbonyl (C=O) groups is 2. The maximum absolute atomic E-state index is 12.7. The number of esters is 1. The highest BCUT2D eigenvalue weighted by Gasteiger charge is 2.17. The number of hydrogen-bond donors (Lipinski definition) is 1. The predicted octanol–water partition coefficient (Wildman–Crippen LogP) is 5.23. The third kappa shape index (κ3) is 5.71. The lowest BCUT2D eigenvalue weighted by atomic mass is 10.2. The van der Waals surface area contributed by atoms with Crippen molar-refractivity contribution in [2.45, 2.75) is 18.5 Å². The lowest BCUT2D eigenvalue weighted by Gasteiger charge is -2.11. The fraction of sp³-hybridized carbons (Fsp3) is 0.154. The monoisotopic (exact) mass is 472 g/mol. The van der Waals surface area contributed by atoms with E-state index in [2.05, 4.69) is 15.5 Å². The molecule has 0 aliphatic carbocycles. The predicted molar refractivity (Wildman–Crippen MR) is 133 cm³/mol. The summed E-state index contributed by atoms with van der Waals surface area (Å²) in [5, 5.41) is 12.2. The van der Waals surface area contributed by atoms with Crippen LogP contribution in [0.5, 0.6) is 0 Å². The number of nitrogens with one attached hydrogen (secondary N) is 1. The quantitative estimate of drug-likeness (QED) is 0.265. The van der Waals surface area contributed by atoms with Gasteiger partial charge in [-0.2, -0.15) is 0 Å². The van der Waals surface area contributed by atoms with Crippen LogP contribution in [0, 0.1) is 0 Å². The van der Waals surface area contributed by atoms with Crippen LogP contribution in [0.3, 0.4) is 0 Å². The molecule has 0 radical (unpaired) electrons. The Labute approximate surface area is 202 Å². The first kappa shape index (κ1) is 23.3. The van der Waals surface area contributed by atoms with E-state index in [0.29, 0.717) is 28.8 Å². The third-order valence-electron chi connectivity index (χ3n) is 4.83. The van der Waals surface area contributed by atoms with Gasteiger partial charge in [-0.3, -0.25) is 9.36 Å². The molecule has 0 unspecified atom stereocenters. The van der Waals surface area contributed by atoms with E-state index in [4.69, 9.17) is 4.74 Å². The average molecular weight is 473 g/mol. The molecule has 4 aromatic rings. The second kappa shape index (κ2) is 11.3. The van der Waals surface area contributed by atoms with Gasteiger partial charge >= 0.3 is 5.97 Å². The van der Waals surface area contributed by atoms with Gasteiger partial charge in [0.25, 0.3) is 0 Å². The van der Waals surface area contributed by atoms with Gasteiger partial charge in [0.15, 0.2) is 11.0 Å². The molecular weight excluding hydrogens is 448 g/mol. The van der Waals surface area contributed by atoms with Crippen LogP contribution >= 0.6 is 11.8 Å². The molecule has 1 amide bonds. The Bertz CT molecular complexity index is 1260. The first-order valence-electron chi connectivity index (χ1n) is 10.9. The number of para-hydroxylation sites is 1. The van der Waals surface area contributed by atoms with Crippen LogP contribution in [0.15, 0.2) is 90.1 Å². The molecule has 0 saturated heterocycles. The van der Waals surface area contributed by atoms with Crippen LogP contribution in [-0.2, 0) is 9.53 Å². The van der Waals surface area contributed by atoms with Crippen molar-refractivity contribution in [3.8, 4) is 17.1 Å². The molecule has 34 heavy (non-hydrogen) atoms. The molecule has 0 spiro atoms. The van der Waals surface area contributed by atoms with Gasteiger partial charge in [-0.1, -0.05) is 73.3 Å². The van der Waals surface area contributed by atoms with E-state index < -0.39 is 5.97 Å². The topological polar surface area (TPSA) is 86.1 Å². The van der Waals surface area contributed by atoms with Gasteiger partial charge in [-0.05, 0) is 36.8 Å². The number of nitrogens with zero attached hydrogens (tertiary/aromatic N) is 3. The second-order valence-electron chi connectivity index (χ2n) is 7.40. The molecule has 0 aliphatic heterocycles. The molecule has 0 fully saturated rings. The second-order valence-corrected chi connectivity index (χ2v) is 8.34. The van der Waals surface area contributed by atoms with E-state index in [9.17, 15) is 9.59 Å². The van der Waals surface area contributed by atoms with Crippen molar-refractivity contribution in [3.05, 3.63) is 90.5 Å². The minimum atomic E-state index is -0.406. The summed E-state index contributed by atoms with van der Waals surface area (Å²) in [6, 6.07) is 26.3. The van der Waals surface area contributed by atoms with E-state index in [1.165, 1.54) is 11.8 Å². The van der Waals surface area contributed by atoms with Crippen LogP contribution < -0.4 is 5.32 Å². The number of aromatic nitrogens is 3. The zero-order valence-electron chi connectivity index (χ0n) is 18.7. The van der Waals surface area contributed by atoms with Crippen LogP contribution in [0.4, 0.5) is 5.69 Å². The van der Waals surface area contributed by atoms with Gasteiger partial charge in [0.2, 0.25) is 5.91 Å². The largest absolute Gasteiger partial charge is 0.462 e. The Balaban J connectivity index is 1.48. The number of amides is 1. The summed E-state index contributed by atoms with van der Waals surface area (Å²) in [6.45, 7) is 2.29. The highest BCUT2D eigenvalue weighted by atomic mass is 32.2. The number of benzene rings is 3. The molecule has 1 N–H and O–H groups in total. The SMILES string of the molecule is CCCOC(=O)c1cccc(NC(=O)CSc2nnc(-c3ccccc3)n2-c2ccccc2)c1. The first-order valence-corrected chi connectivity index (χ1v) is 11.9. The van der Waals surface area contributed by atoms with Gasteiger partial charge < -0.3 is 10.1 Å². The zero-order chi connectivity index (χ0) is 23.8. The van der Waals surface area contributed by atoms with Crippen molar-refractivity contribution in [1.29, 1.82) is 0 Å². The smallest absolute Gasteiger partial charge is 0.338 e. The van der Waals surface area contributed by atoms with E-state index in [1.807, 2.05) is 72.2 Å². The molecule has 7 nitrogen and oxygen atoms in total. The van der Waals surface area contributed by atoms with Crippen molar-refractivity contribution < 1.29 is 14.3 Å². The molecule has 1 heterocycles. The lowest BCUT2D eigenvalue weighted by Crippen LogP contribution is -2.15. The third-order valence-corrected chi connectivity index (χ3v) is 5.76. The van der Waals surface area contributed by atoms with Crippen LogP contribution in [0.25, 0.3) is 17.1 Å². The number of anilines is 1. The molecule has 3 aromatic carbocycles. The van der Waals surface area contributed by atoms with Crippen LogP contribution in [0.1, 0.15) is 23.7 Å². The fourth-order valence-corrected chi connectivity index (χ4v) is 4.03. The highest BCUT2D eigenvalue weighted by Crippen LogP contribution is 2.28. The highest BCUT2D eigenvalue weighted by molar-refractivity contribution is 7.99. The standard InChI is InChI=1S/C26H24N4O3S/c1-2-16-33-25(32)20-12-9-13-21(17-20)27-23(31)18-34-26-29-28-24(19-10-5-3-6-11-19)30(26)22-14-7-4-8-15-22/h3-15,17H,2,16,18H2,1H3,(H,27,31). The average Bonchev–Trinajstić information content (AvgIpc) is 3.31. The number of carbonyl (C=O) groups excluding carboxylic acids is 2. The molecule has 8 heteroatoms. The van der Waals surface area contributed by atoms with Crippen molar-refractivity contribution in [2.24, 2.45) is 0 Å². The minimum absolute atomic E-state index is 0.129. The Kier molecular flexibility index (Phi) is 7.72. The summed E-state index contributed by atoms with van der Waals surface area (Å²) in [6.07, 6.45) is 0.749. The van der Waals surface area contributed by atoms with Gasteiger partial charge in [0.05, 0.1) is 17.9 Å². The van der Waals surface area contributed by atoms with Gasteiger partial charge in [-0.25, -0.2) is 4.79 Å². The molecule has 1 aromatic heterocycles. The van der Waals surface area contributed by atoms with E-state index >= 15 is 0 Å². The summed E-state index contributed by atoms with van der Waals surface area (Å²) in [7, 11) is 0. The number of hydrogen-bond acceptors (Lipinski definition) is 6. The van der Waals surface area contributed by atoms with Crippen molar-refractivity contribution >= 4 is 29.3 Å². The van der Waals surface area contributed by atoms with E-state index in [-0.39, 0.29) is 11.7 Å². The Morgan fingerprint density at radius 1 is 0.941 bits per heavy atom. The van der Waals surface area contributed by atoms with E-state index in [0.717, 1.165) is 17.7 Å². The first-order chi connectivity index (χ1) is 16.7. The molecular formula is C26H24N4O3S. The normalized spacial score (nSPS) is 10.6. The number of rotatable bonds is 9. The maximum Gasteiger partial charge on any atom is 0.338 e. The Hall–Kier alpha value is -3.91. The summed E-state index contributed by atoms with van der Waals surface area (Å²) in [5.41, 5.74) is 2.77. The summed E-state index contributed by atoms with van der Waals surface area (Å²) in [4.78, 5) is 24.7. The molecule has 0 aliphatic rings. The van der Waals surface area contributed by atoms with Crippen molar-refractivity contribution in [1.82, 2.24) is 14.8 Å². The van der Waals surface area contributed by atoms with Crippen molar-refractivity contribution in [2.75, 3.05) is 17.7 Å². The molecule has 172 valence electrons. The van der Waals surface area contributed by atoms with E-state index in [1.54, 1.807) is 24.3 Å². The molecule has 0 saturated carbocycles.